The summed E-state index contributed by atoms with van der Waals surface area (Å²) >= 11 is 17.8. The van der Waals surface area contributed by atoms with Gasteiger partial charge in [-0.1, -0.05) is 46.9 Å². The molecule has 8 heteroatoms. The van der Waals surface area contributed by atoms with E-state index in [0.29, 0.717) is 20.8 Å². The molecule has 0 saturated carbocycles. The number of imide groups is 1. The van der Waals surface area contributed by atoms with Crippen LogP contribution >= 0.6 is 34.8 Å². The van der Waals surface area contributed by atoms with Crippen molar-refractivity contribution in [2.75, 3.05) is 9.80 Å². The lowest BCUT2D eigenvalue weighted by Gasteiger charge is -2.30. The molecule has 1 atom stereocenters. The van der Waals surface area contributed by atoms with Crippen LogP contribution in [0.25, 0.3) is 0 Å². The lowest BCUT2D eigenvalue weighted by Crippen LogP contribution is -2.47. The number of carbonyl (C=O) groups excluding carboxylic acids is 2. The van der Waals surface area contributed by atoms with Gasteiger partial charge >= 0.3 is 6.03 Å². The van der Waals surface area contributed by atoms with E-state index in [4.69, 9.17) is 34.8 Å². The molecular formula is C21H13Cl3N2O3. The van der Waals surface area contributed by atoms with Gasteiger partial charge in [0, 0.05) is 26.3 Å². The summed E-state index contributed by atoms with van der Waals surface area (Å²) in [6, 6.07) is 17.8. The van der Waals surface area contributed by atoms with Crippen LogP contribution in [0.1, 0.15) is 5.56 Å². The Morgan fingerprint density at radius 3 is 1.55 bits per heavy atom. The van der Waals surface area contributed by atoms with Gasteiger partial charge in [-0.3, -0.25) is 9.69 Å². The Morgan fingerprint density at radius 2 is 1.07 bits per heavy atom. The zero-order chi connectivity index (χ0) is 20.8. The number of urea groups is 1. The molecule has 29 heavy (non-hydrogen) atoms. The van der Waals surface area contributed by atoms with Crippen LogP contribution in [0.2, 0.25) is 15.1 Å². The zero-order valence-electron chi connectivity index (χ0n) is 14.7. The van der Waals surface area contributed by atoms with Crippen LogP contribution in [0.3, 0.4) is 0 Å². The maximum atomic E-state index is 13.4. The molecule has 1 heterocycles. The molecule has 5 nitrogen and oxygen atoms in total. The Balaban J connectivity index is 1.90. The maximum absolute atomic E-state index is 13.4. The molecule has 0 bridgehead atoms. The Morgan fingerprint density at radius 1 is 0.655 bits per heavy atom. The molecule has 4 rings (SSSR count). The van der Waals surface area contributed by atoms with Crippen LogP contribution in [0.5, 0.6) is 0 Å². The summed E-state index contributed by atoms with van der Waals surface area (Å²) in [5.41, 5.74) is -1.48. The van der Waals surface area contributed by atoms with E-state index >= 15 is 0 Å². The molecule has 3 aromatic carbocycles. The van der Waals surface area contributed by atoms with Crippen molar-refractivity contribution in [1.82, 2.24) is 0 Å². The fraction of sp³-hybridized carbons (Fsp3) is 0.0476. The third-order valence-corrected chi connectivity index (χ3v) is 5.38. The van der Waals surface area contributed by atoms with Crippen LogP contribution < -0.4 is 9.80 Å². The lowest BCUT2D eigenvalue weighted by molar-refractivity contribution is -0.133. The Bertz CT molecular complexity index is 1090. The third-order valence-electron chi connectivity index (χ3n) is 4.62. The first kappa shape index (κ1) is 19.7. The number of nitrogens with zero attached hydrogens (tertiary/aromatic N) is 2. The maximum Gasteiger partial charge on any atom is 0.339 e. The van der Waals surface area contributed by atoms with E-state index in [-0.39, 0.29) is 11.3 Å². The topological polar surface area (TPSA) is 60.9 Å². The number of aliphatic hydroxyl groups is 1. The number of amides is 3. The van der Waals surface area contributed by atoms with Gasteiger partial charge in [0.05, 0.1) is 5.69 Å². The Labute approximate surface area is 181 Å². The minimum absolute atomic E-state index is 0.201. The summed E-state index contributed by atoms with van der Waals surface area (Å²) in [4.78, 5) is 28.6. The molecule has 1 aliphatic rings. The first-order valence-electron chi connectivity index (χ1n) is 8.50. The molecule has 3 aromatic rings. The molecule has 1 saturated heterocycles. The second kappa shape index (κ2) is 7.35. The van der Waals surface area contributed by atoms with E-state index < -0.39 is 17.7 Å². The average Bonchev–Trinajstić information content (AvgIpc) is 2.91. The second-order valence-electron chi connectivity index (χ2n) is 6.39. The van der Waals surface area contributed by atoms with E-state index in [1.807, 2.05) is 0 Å². The smallest absolute Gasteiger partial charge is 0.339 e. The molecule has 0 aliphatic carbocycles. The number of halogens is 3. The SMILES string of the molecule is O=C1N(c2ccc(Cl)cc2)C(=O)C(O)(c2ccc(Cl)cc2)N1c1ccc(Cl)cc1. The number of hydrogen-bond acceptors (Lipinski definition) is 3. The average molecular weight is 448 g/mol. The molecular weight excluding hydrogens is 435 g/mol. The second-order valence-corrected chi connectivity index (χ2v) is 7.70. The molecule has 1 fully saturated rings. The highest BCUT2D eigenvalue weighted by Gasteiger charge is 2.59. The highest BCUT2D eigenvalue weighted by molar-refractivity contribution is 6.32. The highest BCUT2D eigenvalue weighted by atomic mass is 35.5. The van der Waals surface area contributed by atoms with Crippen molar-refractivity contribution in [2.24, 2.45) is 0 Å². The first-order chi connectivity index (χ1) is 13.8. The van der Waals surface area contributed by atoms with Gasteiger partial charge in [0.15, 0.2) is 0 Å². The molecule has 3 amide bonds. The quantitative estimate of drug-likeness (QED) is 0.542. The molecule has 1 aliphatic heterocycles. The zero-order valence-corrected chi connectivity index (χ0v) is 17.0. The van der Waals surface area contributed by atoms with E-state index in [2.05, 4.69) is 0 Å². The standard InChI is InChI=1S/C21H13Cl3N2O3/c22-14-3-1-13(2-4-14)21(29)19(27)25(17-9-5-15(23)6-10-17)20(28)26(21)18-11-7-16(24)8-12-18/h1-12,29H. The van der Waals surface area contributed by atoms with Crippen molar-refractivity contribution in [1.29, 1.82) is 0 Å². The Hall–Kier alpha value is -2.57. The van der Waals surface area contributed by atoms with Gasteiger partial charge in [-0.25, -0.2) is 9.69 Å². The summed E-state index contributed by atoms with van der Waals surface area (Å²) in [7, 11) is 0. The van der Waals surface area contributed by atoms with E-state index in [1.165, 1.54) is 36.4 Å². The number of anilines is 2. The normalized spacial score (nSPS) is 19.2. The van der Waals surface area contributed by atoms with Crippen LogP contribution in [-0.4, -0.2) is 17.0 Å². The van der Waals surface area contributed by atoms with Crippen LogP contribution in [0, 0.1) is 0 Å². The summed E-state index contributed by atoms with van der Waals surface area (Å²) < 4.78 is 0. The van der Waals surface area contributed by atoms with Gasteiger partial charge in [-0.05, 0) is 60.7 Å². The fourth-order valence-corrected chi connectivity index (χ4v) is 3.59. The minimum Gasteiger partial charge on any atom is -0.359 e. The monoisotopic (exact) mass is 446 g/mol. The Kier molecular flexibility index (Phi) is 5.00. The predicted octanol–water partition coefficient (Wildman–Crippen LogP) is 5.47. The molecule has 0 radical (unpaired) electrons. The van der Waals surface area contributed by atoms with Crippen molar-refractivity contribution in [3.8, 4) is 0 Å². The van der Waals surface area contributed by atoms with Gasteiger partial charge in [0.2, 0.25) is 0 Å². The van der Waals surface area contributed by atoms with Crippen molar-refractivity contribution in [3.63, 3.8) is 0 Å². The number of rotatable bonds is 3. The van der Waals surface area contributed by atoms with Gasteiger partial charge < -0.3 is 5.11 Å². The largest absolute Gasteiger partial charge is 0.359 e. The van der Waals surface area contributed by atoms with Crippen molar-refractivity contribution >= 4 is 58.1 Å². The molecule has 0 spiro atoms. The van der Waals surface area contributed by atoms with Crippen molar-refractivity contribution in [2.45, 2.75) is 5.72 Å². The van der Waals surface area contributed by atoms with Crippen molar-refractivity contribution < 1.29 is 14.7 Å². The van der Waals surface area contributed by atoms with E-state index in [9.17, 15) is 14.7 Å². The summed E-state index contributed by atoms with van der Waals surface area (Å²) in [6.07, 6.45) is 0. The highest BCUT2D eigenvalue weighted by Crippen LogP contribution is 2.41. The third kappa shape index (κ3) is 3.26. The minimum atomic E-state index is -2.27. The van der Waals surface area contributed by atoms with E-state index in [1.54, 1.807) is 36.4 Å². The fourth-order valence-electron chi connectivity index (χ4n) is 3.22. The summed E-state index contributed by atoms with van der Waals surface area (Å²) in [6.45, 7) is 0. The number of hydrogen-bond donors (Lipinski definition) is 1. The van der Waals surface area contributed by atoms with Gasteiger partial charge in [0.25, 0.3) is 11.6 Å². The predicted molar refractivity (Wildman–Crippen MR) is 114 cm³/mol. The van der Waals surface area contributed by atoms with E-state index in [0.717, 1.165) is 9.80 Å². The number of carbonyl (C=O) groups is 2. The lowest BCUT2D eigenvalue weighted by atomic mass is 10.0. The van der Waals surface area contributed by atoms with Gasteiger partial charge in [-0.2, -0.15) is 0 Å². The van der Waals surface area contributed by atoms with Gasteiger partial charge in [-0.15, -0.1) is 0 Å². The van der Waals surface area contributed by atoms with Crippen LogP contribution in [-0.2, 0) is 10.5 Å². The molecule has 1 unspecified atom stereocenters. The molecule has 1 N–H and O–H groups in total. The number of benzene rings is 3. The van der Waals surface area contributed by atoms with Crippen LogP contribution in [0.15, 0.2) is 72.8 Å². The van der Waals surface area contributed by atoms with Crippen LogP contribution in [0.4, 0.5) is 16.2 Å². The summed E-state index contributed by atoms with van der Waals surface area (Å²) in [5, 5.41) is 12.9. The first-order valence-corrected chi connectivity index (χ1v) is 9.64. The molecule has 0 aromatic heterocycles. The van der Waals surface area contributed by atoms with Gasteiger partial charge in [0.1, 0.15) is 0 Å². The molecule has 146 valence electrons. The summed E-state index contributed by atoms with van der Waals surface area (Å²) in [5.74, 6) is -0.818. The van der Waals surface area contributed by atoms with Crippen molar-refractivity contribution in [3.05, 3.63) is 93.4 Å².